The summed E-state index contributed by atoms with van der Waals surface area (Å²) in [5, 5.41) is 0. The number of Topliss-reactive ketones (excluding diaryl/α,β-unsaturated/α-hetero) is 1. The maximum absolute atomic E-state index is 13.3. The van der Waals surface area contributed by atoms with Gasteiger partial charge in [0.2, 0.25) is 0 Å². The van der Waals surface area contributed by atoms with Crippen LogP contribution in [0, 0.1) is 5.82 Å². The van der Waals surface area contributed by atoms with E-state index in [4.69, 9.17) is 4.74 Å². The monoisotopic (exact) mass is 357 g/mol. The molecule has 2 rings (SSSR count). The normalized spacial score (nSPS) is 16.7. The van der Waals surface area contributed by atoms with Crippen molar-refractivity contribution in [3.63, 3.8) is 0 Å². The first-order chi connectivity index (χ1) is 8.69. The summed E-state index contributed by atoms with van der Waals surface area (Å²) >= 11 is -0.623. The predicted octanol–water partition coefficient (Wildman–Crippen LogP) is 2.80. The summed E-state index contributed by atoms with van der Waals surface area (Å²) in [4.78, 5) is 13.3. The van der Waals surface area contributed by atoms with Crippen molar-refractivity contribution in [1.29, 1.82) is 0 Å². The number of nitrogens with one attached hydrogen (secondary N) is 1. The van der Waals surface area contributed by atoms with E-state index in [1.165, 1.54) is 12.1 Å². The Bertz CT molecular complexity index is 429. The van der Waals surface area contributed by atoms with E-state index in [2.05, 4.69) is 8.48 Å². The number of hydrogen-bond acceptors (Lipinski definition) is 3. The topological polar surface area (TPSA) is 38.3 Å². The quantitative estimate of drug-likeness (QED) is 0.844. The van der Waals surface area contributed by atoms with Gasteiger partial charge in [-0.1, -0.05) is 0 Å². The van der Waals surface area contributed by atoms with E-state index in [-0.39, 0.29) is 11.9 Å². The molecule has 5 heteroatoms. The summed E-state index contributed by atoms with van der Waals surface area (Å²) in [7, 11) is 0. The Morgan fingerprint density at radius 2 is 2.11 bits per heavy atom. The Hall–Kier alpha value is -0.781. The first-order valence-corrected chi connectivity index (χ1v) is 10.4. The summed E-state index contributed by atoms with van der Waals surface area (Å²) in [6.45, 7) is 0. The maximum atomic E-state index is 13.3. The number of benzene rings is 1. The molecule has 0 spiro atoms. The molecular weight excluding hydrogens is 340 g/mol. The van der Waals surface area contributed by atoms with Crippen molar-refractivity contribution in [2.24, 2.45) is 0 Å². The summed E-state index contributed by atoms with van der Waals surface area (Å²) < 4.78 is 22.4. The zero-order valence-electron chi connectivity index (χ0n) is 10.3. The first kappa shape index (κ1) is 13.6. The zero-order chi connectivity index (χ0) is 13.0. The zero-order valence-corrected chi connectivity index (χ0v) is 13.2. The van der Waals surface area contributed by atoms with E-state index in [9.17, 15) is 9.18 Å². The van der Waals surface area contributed by atoms with Crippen LogP contribution in [0.4, 0.5) is 10.1 Å². The molecule has 18 heavy (non-hydrogen) atoms. The van der Waals surface area contributed by atoms with Crippen LogP contribution in [0.5, 0.6) is 5.75 Å². The van der Waals surface area contributed by atoms with E-state index in [0.29, 0.717) is 24.4 Å². The van der Waals surface area contributed by atoms with Gasteiger partial charge in [-0.15, -0.1) is 0 Å². The van der Waals surface area contributed by atoms with Crippen molar-refractivity contribution in [3.8, 4) is 5.75 Å². The molecule has 1 aliphatic rings. The van der Waals surface area contributed by atoms with Crippen LogP contribution in [-0.4, -0.2) is 33.3 Å². The molecule has 2 radical (unpaired) electrons. The Labute approximate surface area is 117 Å². The predicted molar refractivity (Wildman–Crippen MR) is 69.5 cm³/mol. The van der Waals surface area contributed by atoms with E-state index in [1.807, 2.05) is 0 Å². The van der Waals surface area contributed by atoms with Crippen molar-refractivity contribution in [2.75, 3.05) is 3.54 Å². The van der Waals surface area contributed by atoms with Crippen LogP contribution in [-0.2, 0) is 4.79 Å². The number of carbonyl (C=O) groups excluding carboxylic acids is 1. The minimum absolute atomic E-state index is 0.0345. The molecule has 1 aliphatic carbocycles. The third-order valence-electron chi connectivity index (χ3n) is 2.99. The van der Waals surface area contributed by atoms with Gasteiger partial charge < -0.3 is 0 Å². The van der Waals surface area contributed by atoms with Crippen molar-refractivity contribution in [1.82, 2.24) is 0 Å². The third kappa shape index (κ3) is 3.60. The van der Waals surface area contributed by atoms with Gasteiger partial charge in [-0.25, -0.2) is 0 Å². The molecule has 0 amide bonds. The number of rotatable bonds is 4. The summed E-state index contributed by atoms with van der Waals surface area (Å²) in [6.07, 6.45) is 2.66. The number of ketones is 1. The molecule has 0 aromatic heterocycles. The van der Waals surface area contributed by atoms with E-state index < -0.39 is 21.4 Å². The molecule has 0 aliphatic heterocycles. The standard InChI is InChI=1S/C12H13FNO2.CH3.Sn/c13-8-1-6-11(14)12(7-8)16-10-4-2-9(15)3-5-10;;/h1,6-7,10,14H,2-5H2;1H3;/q-1;;+1. The van der Waals surface area contributed by atoms with E-state index in [1.54, 1.807) is 6.07 Å². The summed E-state index contributed by atoms with van der Waals surface area (Å²) in [6, 6.07) is 4.59. The molecular formula is C13H16FNO2Sn. The van der Waals surface area contributed by atoms with Crippen LogP contribution in [0.2, 0.25) is 4.94 Å². The molecule has 0 atom stereocenters. The van der Waals surface area contributed by atoms with Gasteiger partial charge in [0.05, 0.1) is 0 Å². The van der Waals surface area contributed by atoms with Gasteiger partial charge in [-0.2, -0.15) is 0 Å². The molecule has 96 valence electrons. The second kappa shape index (κ2) is 6.40. The van der Waals surface area contributed by atoms with Gasteiger partial charge in [-0.05, 0) is 0 Å². The van der Waals surface area contributed by atoms with Crippen LogP contribution in [0.3, 0.4) is 0 Å². The summed E-state index contributed by atoms with van der Waals surface area (Å²) in [5.74, 6) is 0.594. The number of ether oxygens (including phenoxy) is 1. The number of anilines is 1. The average molecular weight is 356 g/mol. The molecule has 1 saturated carbocycles. The van der Waals surface area contributed by atoms with Crippen molar-refractivity contribution in [3.05, 3.63) is 24.0 Å². The Morgan fingerprint density at radius 1 is 1.39 bits per heavy atom. The van der Waals surface area contributed by atoms with Crippen LogP contribution < -0.4 is 8.28 Å². The number of halogens is 1. The fourth-order valence-electron chi connectivity index (χ4n) is 2.04. The molecule has 0 heterocycles. The fourth-order valence-corrected chi connectivity index (χ4v) is 3.40. The molecule has 1 aromatic rings. The van der Waals surface area contributed by atoms with Gasteiger partial charge >= 0.3 is 117 Å². The minimum atomic E-state index is -0.623. The van der Waals surface area contributed by atoms with Gasteiger partial charge in [0.15, 0.2) is 0 Å². The fraction of sp³-hybridized carbons (Fsp3) is 0.462. The molecule has 3 nitrogen and oxygen atoms in total. The van der Waals surface area contributed by atoms with Gasteiger partial charge in [0.25, 0.3) is 0 Å². The molecule has 1 aromatic carbocycles. The van der Waals surface area contributed by atoms with Crippen LogP contribution in [0.15, 0.2) is 18.2 Å². The third-order valence-corrected chi connectivity index (χ3v) is 4.47. The van der Waals surface area contributed by atoms with Gasteiger partial charge in [0, 0.05) is 0 Å². The van der Waals surface area contributed by atoms with Gasteiger partial charge in [-0.3, -0.25) is 0 Å². The van der Waals surface area contributed by atoms with E-state index >= 15 is 0 Å². The SMILES string of the molecule is [CH3][Sn][NH]c1ccc(F)cc1OC1CCC(=O)CC1. The van der Waals surface area contributed by atoms with Crippen LogP contribution >= 0.6 is 0 Å². The summed E-state index contributed by atoms with van der Waals surface area (Å²) in [5.41, 5.74) is 0.877. The van der Waals surface area contributed by atoms with E-state index in [0.717, 1.165) is 18.5 Å². The van der Waals surface area contributed by atoms with Crippen LogP contribution in [0.1, 0.15) is 25.7 Å². The second-order valence-electron chi connectivity index (χ2n) is 4.37. The Kier molecular flexibility index (Phi) is 4.86. The second-order valence-corrected chi connectivity index (χ2v) is 6.51. The van der Waals surface area contributed by atoms with Crippen LogP contribution in [0.25, 0.3) is 0 Å². The van der Waals surface area contributed by atoms with Crippen molar-refractivity contribution >= 4 is 32.9 Å². The molecule has 1 N–H and O–H groups in total. The number of hydrogen-bond donors (Lipinski definition) is 1. The Balaban J connectivity index is 2.07. The molecule has 0 unspecified atom stereocenters. The average Bonchev–Trinajstić information content (AvgIpc) is 2.36. The number of carbonyl (C=O) groups is 1. The molecule has 1 fully saturated rings. The molecule has 0 saturated heterocycles. The molecule has 0 bridgehead atoms. The van der Waals surface area contributed by atoms with Crippen molar-refractivity contribution < 1.29 is 13.9 Å². The first-order valence-electron chi connectivity index (χ1n) is 6.09. The van der Waals surface area contributed by atoms with Gasteiger partial charge in [0.1, 0.15) is 0 Å². The van der Waals surface area contributed by atoms with Crippen molar-refractivity contribution in [2.45, 2.75) is 36.7 Å². The Morgan fingerprint density at radius 3 is 2.78 bits per heavy atom.